The molecule has 0 saturated carbocycles. The second-order valence-corrected chi connectivity index (χ2v) is 8.32. The number of aromatic nitrogens is 4. The SMILES string of the molecule is CC.CC(C)(O)O.OCC1CCC(n2ncc3c(NCc4ccccc4Cl)nc(Cl)nc32)O1. The summed E-state index contributed by atoms with van der Waals surface area (Å²) < 4.78 is 7.49. The van der Waals surface area contributed by atoms with Crippen molar-refractivity contribution in [2.45, 2.75) is 65.2 Å². The highest BCUT2D eigenvalue weighted by Crippen LogP contribution is 2.32. The van der Waals surface area contributed by atoms with Crippen LogP contribution in [0.3, 0.4) is 0 Å². The minimum absolute atomic E-state index is 0.00389. The number of benzene rings is 1. The maximum absolute atomic E-state index is 9.26. The van der Waals surface area contributed by atoms with Crippen molar-refractivity contribution >= 4 is 40.1 Å². The Balaban J connectivity index is 0.000000489. The number of halogens is 2. The molecule has 4 rings (SSSR count). The standard InChI is InChI=1S/C17H17Cl2N5O2.C3H8O2.C2H6/c18-13-4-2-1-3-10(13)7-20-15-12-8-21-24(16(12)23-17(19)22-15)14-6-5-11(9-25)26-14;1-3(2,4)5;1-2/h1-4,8,11,14,25H,5-7,9H2,(H,20,22,23);4-5H,1-2H3;1-2H3. The molecule has 9 nitrogen and oxygen atoms in total. The topological polar surface area (TPSA) is 126 Å². The molecule has 2 aromatic heterocycles. The van der Waals surface area contributed by atoms with E-state index in [4.69, 9.17) is 38.2 Å². The third kappa shape index (κ3) is 8.06. The van der Waals surface area contributed by atoms with Gasteiger partial charge in [0.15, 0.2) is 17.7 Å². The first-order valence-electron chi connectivity index (χ1n) is 10.7. The molecular formula is C22H31Cl2N5O4. The van der Waals surface area contributed by atoms with Crippen LogP contribution in [0.15, 0.2) is 30.5 Å². The molecule has 4 N–H and O–H groups in total. The van der Waals surface area contributed by atoms with Crippen LogP contribution in [-0.2, 0) is 11.3 Å². The molecule has 33 heavy (non-hydrogen) atoms. The Hall–Kier alpha value is -2.01. The summed E-state index contributed by atoms with van der Waals surface area (Å²) in [4.78, 5) is 8.59. The van der Waals surface area contributed by atoms with E-state index >= 15 is 0 Å². The number of ether oxygens (including phenoxy) is 1. The molecule has 0 bridgehead atoms. The van der Waals surface area contributed by atoms with Crippen molar-refractivity contribution in [2.24, 2.45) is 0 Å². The first kappa shape index (κ1) is 27.2. The molecule has 3 aromatic rings. The summed E-state index contributed by atoms with van der Waals surface area (Å²) in [5.41, 5.74) is 1.55. The lowest BCUT2D eigenvalue weighted by Crippen LogP contribution is -2.15. The molecule has 1 aromatic carbocycles. The lowest BCUT2D eigenvalue weighted by molar-refractivity contribution is -0.127. The van der Waals surface area contributed by atoms with Gasteiger partial charge in [0.1, 0.15) is 5.82 Å². The first-order chi connectivity index (χ1) is 15.7. The zero-order valence-corrected chi connectivity index (χ0v) is 20.7. The number of fused-ring (bicyclic) bond motifs is 1. The molecule has 1 fully saturated rings. The summed E-state index contributed by atoms with van der Waals surface area (Å²) in [6.45, 7) is 7.09. The second-order valence-electron chi connectivity index (χ2n) is 7.58. The van der Waals surface area contributed by atoms with Crippen molar-refractivity contribution in [3.05, 3.63) is 46.3 Å². The summed E-state index contributed by atoms with van der Waals surface area (Å²) >= 11 is 12.3. The predicted octanol–water partition coefficient (Wildman–Crippen LogP) is 4.15. The summed E-state index contributed by atoms with van der Waals surface area (Å²) in [5.74, 6) is -0.914. The number of nitrogens with one attached hydrogen (secondary N) is 1. The molecule has 0 spiro atoms. The monoisotopic (exact) mass is 499 g/mol. The van der Waals surface area contributed by atoms with E-state index in [0.717, 1.165) is 23.8 Å². The summed E-state index contributed by atoms with van der Waals surface area (Å²) in [5, 5.41) is 34.6. The van der Waals surface area contributed by atoms with E-state index in [2.05, 4.69) is 20.4 Å². The normalized spacial score (nSPS) is 17.7. The van der Waals surface area contributed by atoms with Crippen LogP contribution in [0, 0.1) is 0 Å². The molecular weight excluding hydrogens is 469 g/mol. The second kappa shape index (κ2) is 12.5. The quantitative estimate of drug-likeness (QED) is 0.304. The average molecular weight is 500 g/mol. The van der Waals surface area contributed by atoms with Crippen molar-refractivity contribution in [1.29, 1.82) is 0 Å². The van der Waals surface area contributed by atoms with Crippen LogP contribution in [0.1, 0.15) is 52.3 Å². The molecule has 0 radical (unpaired) electrons. The number of nitrogens with zero attached hydrogens (tertiary/aromatic N) is 4. The number of hydrogen-bond acceptors (Lipinski definition) is 8. The fraction of sp³-hybridized carbons (Fsp3) is 0.500. The van der Waals surface area contributed by atoms with Gasteiger partial charge >= 0.3 is 0 Å². The van der Waals surface area contributed by atoms with Gasteiger partial charge in [-0.15, -0.1) is 0 Å². The highest BCUT2D eigenvalue weighted by molar-refractivity contribution is 6.31. The zero-order chi connectivity index (χ0) is 24.6. The van der Waals surface area contributed by atoms with E-state index in [9.17, 15) is 5.11 Å². The van der Waals surface area contributed by atoms with Gasteiger partial charge in [0.2, 0.25) is 5.28 Å². The lowest BCUT2D eigenvalue weighted by Gasteiger charge is -2.13. The van der Waals surface area contributed by atoms with Gasteiger partial charge in [0.05, 0.1) is 24.3 Å². The van der Waals surface area contributed by atoms with Gasteiger partial charge < -0.3 is 25.4 Å². The van der Waals surface area contributed by atoms with E-state index in [0.29, 0.717) is 23.0 Å². The van der Waals surface area contributed by atoms with E-state index in [-0.39, 0.29) is 24.2 Å². The Morgan fingerprint density at radius 2 is 1.82 bits per heavy atom. The number of rotatable bonds is 5. The van der Waals surface area contributed by atoms with Gasteiger partial charge in [0, 0.05) is 11.6 Å². The third-order valence-electron chi connectivity index (χ3n) is 4.39. The van der Waals surface area contributed by atoms with Gasteiger partial charge in [-0.2, -0.15) is 15.1 Å². The number of anilines is 1. The highest BCUT2D eigenvalue weighted by Gasteiger charge is 2.28. The molecule has 2 unspecified atom stereocenters. The van der Waals surface area contributed by atoms with Crippen LogP contribution in [0.25, 0.3) is 11.0 Å². The van der Waals surface area contributed by atoms with Crippen LogP contribution in [0.2, 0.25) is 10.3 Å². The maximum atomic E-state index is 9.26. The molecule has 1 aliphatic heterocycles. The van der Waals surface area contributed by atoms with Crippen LogP contribution in [0.4, 0.5) is 5.82 Å². The Labute approximate surface area is 203 Å². The number of aliphatic hydroxyl groups excluding tert-OH is 1. The average Bonchev–Trinajstić information content (AvgIpc) is 3.40. The molecule has 1 aliphatic rings. The fourth-order valence-corrected chi connectivity index (χ4v) is 3.43. The molecule has 3 heterocycles. The van der Waals surface area contributed by atoms with Gasteiger partial charge in [-0.1, -0.05) is 43.6 Å². The van der Waals surface area contributed by atoms with E-state index in [1.54, 1.807) is 10.9 Å². The third-order valence-corrected chi connectivity index (χ3v) is 4.93. The van der Waals surface area contributed by atoms with Crippen molar-refractivity contribution in [2.75, 3.05) is 11.9 Å². The van der Waals surface area contributed by atoms with Crippen molar-refractivity contribution in [3.63, 3.8) is 0 Å². The number of aliphatic hydroxyl groups is 3. The van der Waals surface area contributed by atoms with E-state index in [1.807, 2.05) is 38.1 Å². The molecule has 182 valence electrons. The van der Waals surface area contributed by atoms with E-state index in [1.165, 1.54) is 13.8 Å². The van der Waals surface area contributed by atoms with Crippen molar-refractivity contribution < 1.29 is 20.1 Å². The first-order valence-corrected chi connectivity index (χ1v) is 11.5. The Kier molecular flexibility index (Phi) is 10.3. The van der Waals surface area contributed by atoms with Crippen LogP contribution < -0.4 is 5.32 Å². The van der Waals surface area contributed by atoms with Crippen LogP contribution in [0.5, 0.6) is 0 Å². The minimum Gasteiger partial charge on any atom is -0.394 e. The Morgan fingerprint density at radius 1 is 1.15 bits per heavy atom. The predicted molar refractivity (Wildman–Crippen MR) is 129 cm³/mol. The smallest absolute Gasteiger partial charge is 0.226 e. The van der Waals surface area contributed by atoms with Crippen molar-refractivity contribution in [1.82, 2.24) is 19.7 Å². The Morgan fingerprint density at radius 3 is 2.42 bits per heavy atom. The molecule has 1 saturated heterocycles. The van der Waals surface area contributed by atoms with Crippen molar-refractivity contribution in [3.8, 4) is 0 Å². The largest absolute Gasteiger partial charge is 0.394 e. The Bertz CT molecular complexity index is 1020. The van der Waals surface area contributed by atoms with Gasteiger partial charge in [-0.3, -0.25) is 0 Å². The highest BCUT2D eigenvalue weighted by atomic mass is 35.5. The summed E-state index contributed by atoms with van der Waals surface area (Å²) in [6, 6.07) is 7.60. The maximum Gasteiger partial charge on any atom is 0.226 e. The summed E-state index contributed by atoms with van der Waals surface area (Å²) in [6.07, 6.45) is 2.78. The van der Waals surface area contributed by atoms with Crippen LogP contribution in [-0.4, -0.2) is 53.6 Å². The minimum atomic E-state index is -1.50. The van der Waals surface area contributed by atoms with E-state index < -0.39 is 5.79 Å². The lowest BCUT2D eigenvalue weighted by atomic mass is 10.2. The van der Waals surface area contributed by atoms with Gasteiger partial charge in [-0.05, 0) is 49.9 Å². The molecule has 2 atom stereocenters. The fourth-order valence-electron chi connectivity index (χ4n) is 3.07. The molecule has 0 aliphatic carbocycles. The number of hydrogen-bond donors (Lipinski definition) is 4. The molecule has 0 amide bonds. The van der Waals surface area contributed by atoms with Gasteiger partial charge in [-0.25, -0.2) is 4.68 Å². The zero-order valence-electron chi connectivity index (χ0n) is 19.2. The summed E-state index contributed by atoms with van der Waals surface area (Å²) in [7, 11) is 0. The van der Waals surface area contributed by atoms with Crippen LogP contribution >= 0.6 is 23.2 Å². The molecule has 11 heteroatoms. The van der Waals surface area contributed by atoms with Gasteiger partial charge in [0.25, 0.3) is 0 Å².